The number of fused-ring (bicyclic) bond motifs is 1. The topological polar surface area (TPSA) is 24.5 Å². The lowest BCUT2D eigenvalue weighted by atomic mass is 10.1. The van der Waals surface area contributed by atoms with Crippen LogP contribution >= 0.6 is 0 Å². The molecule has 1 aromatic carbocycles. The van der Waals surface area contributed by atoms with E-state index < -0.39 is 0 Å². The average Bonchev–Trinajstić information content (AvgIpc) is 2.87. The number of hydrogen-bond donors (Lipinski definition) is 1. The lowest BCUT2D eigenvalue weighted by molar-refractivity contribution is 0.0843. The summed E-state index contributed by atoms with van der Waals surface area (Å²) in [7, 11) is 0. The predicted octanol–water partition coefficient (Wildman–Crippen LogP) is 2.54. The smallest absolute Gasteiger partial charge is 0.120 e. The summed E-state index contributed by atoms with van der Waals surface area (Å²) in [5.41, 5.74) is 2.82. The molecular weight excluding hydrogens is 236 g/mol. The second-order valence-electron chi connectivity index (χ2n) is 5.98. The number of rotatable bonds is 3. The van der Waals surface area contributed by atoms with Crippen molar-refractivity contribution in [2.75, 3.05) is 13.1 Å². The number of hydrogen-bond acceptors (Lipinski definition) is 3. The SMILES string of the molecule is CC(C)N1CCC(Oc2ccc3c(c2)CNC3)CC1. The molecule has 0 spiro atoms. The molecule has 2 aliphatic heterocycles. The van der Waals surface area contributed by atoms with Gasteiger partial charge in [-0.15, -0.1) is 0 Å². The van der Waals surface area contributed by atoms with E-state index in [2.05, 4.69) is 42.3 Å². The van der Waals surface area contributed by atoms with Crippen LogP contribution in [0.4, 0.5) is 0 Å². The van der Waals surface area contributed by atoms with Crippen LogP contribution in [0.15, 0.2) is 18.2 Å². The third-order valence-electron chi connectivity index (χ3n) is 4.32. The van der Waals surface area contributed by atoms with E-state index in [1.165, 1.54) is 11.1 Å². The van der Waals surface area contributed by atoms with Crippen LogP contribution in [-0.2, 0) is 13.1 Å². The van der Waals surface area contributed by atoms with Gasteiger partial charge in [0.1, 0.15) is 11.9 Å². The van der Waals surface area contributed by atoms with Gasteiger partial charge in [0.2, 0.25) is 0 Å². The van der Waals surface area contributed by atoms with Crippen LogP contribution in [0.2, 0.25) is 0 Å². The first kappa shape index (κ1) is 12.9. The van der Waals surface area contributed by atoms with Gasteiger partial charge in [0, 0.05) is 32.2 Å². The molecule has 0 unspecified atom stereocenters. The Morgan fingerprint density at radius 3 is 2.63 bits per heavy atom. The van der Waals surface area contributed by atoms with Crippen molar-refractivity contribution >= 4 is 0 Å². The number of likely N-dealkylation sites (tertiary alicyclic amines) is 1. The van der Waals surface area contributed by atoms with Crippen molar-refractivity contribution in [2.24, 2.45) is 0 Å². The van der Waals surface area contributed by atoms with E-state index in [4.69, 9.17) is 4.74 Å². The van der Waals surface area contributed by atoms with Crippen molar-refractivity contribution in [3.63, 3.8) is 0 Å². The van der Waals surface area contributed by atoms with E-state index in [9.17, 15) is 0 Å². The van der Waals surface area contributed by atoms with E-state index in [-0.39, 0.29) is 0 Å². The van der Waals surface area contributed by atoms with Crippen molar-refractivity contribution < 1.29 is 4.74 Å². The van der Waals surface area contributed by atoms with Crippen LogP contribution < -0.4 is 10.1 Å². The summed E-state index contributed by atoms with van der Waals surface area (Å²) in [6.45, 7) is 8.85. The van der Waals surface area contributed by atoms with E-state index in [0.717, 1.165) is 44.8 Å². The van der Waals surface area contributed by atoms with Gasteiger partial charge in [-0.05, 0) is 49.9 Å². The zero-order valence-electron chi connectivity index (χ0n) is 12.0. The summed E-state index contributed by atoms with van der Waals surface area (Å²) in [4.78, 5) is 2.53. The Morgan fingerprint density at radius 1 is 1.16 bits per heavy atom. The van der Waals surface area contributed by atoms with Gasteiger partial charge >= 0.3 is 0 Å². The Kier molecular flexibility index (Phi) is 3.76. The fourth-order valence-electron chi connectivity index (χ4n) is 3.05. The first-order valence-electron chi connectivity index (χ1n) is 7.45. The van der Waals surface area contributed by atoms with Gasteiger partial charge in [-0.2, -0.15) is 0 Å². The standard InChI is InChI=1S/C16H24N2O/c1-12(2)18-7-5-15(6-8-18)19-16-4-3-13-10-17-11-14(13)9-16/h3-4,9,12,15,17H,5-8,10-11H2,1-2H3. The summed E-state index contributed by atoms with van der Waals surface area (Å²) in [6.07, 6.45) is 2.68. The largest absolute Gasteiger partial charge is 0.490 e. The maximum absolute atomic E-state index is 6.15. The minimum absolute atomic E-state index is 0.391. The van der Waals surface area contributed by atoms with E-state index in [0.29, 0.717) is 12.1 Å². The second kappa shape index (κ2) is 5.51. The zero-order chi connectivity index (χ0) is 13.2. The maximum atomic E-state index is 6.15. The Hall–Kier alpha value is -1.06. The highest BCUT2D eigenvalue weighted by Gasteiger charge is 2.22. The number of piperidine rings is 1. The molecule has 0 amide bonds. The van der Waals surface area contributed by atoms with Crippen LogP contribution in [-0.4, -0.2) is 30.1 Å². The summed E-state index contributed by atoms with van der Waals surface area (Å²) in [6, 6.07) is 7.20. The van der Waals surface area contributed by atoms with Crippen molar-refractivity contribution in [3.05, 3.63) is 29.3 Å². The first-order chi connectivity index (χ1) is 9.22. The van der Waals surface area contributed by atoms with Gasteiger partial charge in [0.05, 0.1) is 0 Å². The fourth-order valence-corrected chi connectivity index (χ4v) is 3.05. The molecule has 104 valence electrons. The third-order valence-corrected chi connectivity index (χ3v) is 4.32. The zero-order valence-corrected chi connectivity index (χ0v) is 12.0. The van der Waals surface area contributed by atoms with Crippen LogP contribution in [0.1, 0.15) is 37.8 Å². The van der Waals surface area contributed by atoms with Gasteiger partial charge in [-0.25, -0.2) is 0 Å². The lowest BCUT2D eigenvalue weighted by Crippen LogP contribution is -2.41. The molecule has 2 aliphatic rings. The third kappa shape index (κ3) is 2.93. The van der Waals surface area contributed by atoms with Crippen LogP contribution in [0.5, 0.6) is 5.75 Å². The van der Waals surface area contributed by atoms with Crippen LogP contribution in [0.3, 0.4) is 0 Å². The molecule has 3 nitrogen and oxygen atoms in total. The highest BCUT2D eigenvalue weighted by atomic mass is 16.5. The minimum Gasteiger partial charge on any atom is -0.490 e. The van der Waals surface area contributed by atoms with Gasteiger partial charge < -0.3 is 15.0 Å². The monoisotopic (exact) mass is 260 g/mol. The Morgan fingerprint density at radius 2 is 1.89 bits per heavy atom. The molecule has 19 heavy (non-hydrogen) atoms. The molecule has 1 aromatic rings. The molecule has 0 aliphatic carbocycles. The van der Waals surface area contributed by atoms with Crippen LogP contribution in [0.25, 0.3) is 0 Å². The normalized spacial score (nSPS) is 20.8. The summed E-state index contributed by atoms with van der Waals surface area (Å²) < 4.78 is 6.15. The molecule has 0 bridgehead atoms. The van der Waals surface area contributed by atoms with Crippen molar-refractivity contribution in [1.29, 1.82) is 0 Å². The number of nitrogens with one attached hydrogen (secondary N) is 1. The molecule has 0 atom stereocenters. The van der Waals surface area contributed by atoms with Crippen molar-refractivity contribution in [1.82, 2.24) is 10.2 Å². The molecule has 3 rings (SSSR count). The number of benzene rings is 1. The summed E-state index contributed by atoms with van der Waals surface area (Å²) in [5.74, 6) is 1.05. The molecule has 1 saturated heterocycles. The molecule has 1 N–H and O–H groups in total. The van der Waals surface area contributed by atoms with Crippen molar-refractivity contribution in [3.8, 4) is 5.75 Å². The fraction of sp³-hybridized carbons (Fsp3) is 0.625. The van der Waals surface area contributed by atoms with Gasteiger partial charge in [0.25, 0.3) is 0 Å². The minimum atomic E-state index is 0.391. The second-order valence-corrected chi connectivity index (χ2v) is 5.98. The molecular formula is C16H24N2O. The van der Waals surface area contributed by atoms with Crippen molar-refractivity contribution in [2.45, 2.75) is 51.9 Å². The average molecular weight is 260 g/mol. The highest BCUT2D eigenvalue weighted by molar-refractivity contribution is 5.37. The van der Waals surface area contributed by atoms with Crippen LogP contribution in [0, 0.1) is 0 Å². The summed E-state index contributed by atoms with van der Waals surface area (Å²) >= 11 is 0. The van der Waals surface area contributed by atoms with Gasteiger partial charge in [-0.3, -0.25) is 0 Å². The molecule has 0 aromatic heterocycles. The maximum Gasteiger partial charge on any atom is 0.120 e. The van der Waals surface area contributed by atoms with E-state index in [1.54, 1.807) is 0 Å². The Labute approximate surface area is 115 Å². The highest BCUT2D eigenvalue weighted by Crippen LogP contribution is 2.24. The quantitative estimate of drug-likeness (QED) is 0.904. The molecule has 0 radical (unpaired) electrons. The molecule has 1 fully saturated rings. The lowest BCUT2D eigenvalue weighted by Gasteiger charge is -2.34. The Bertz CT molecular complexity index is 436. The van der Waals surface area contributed by atoms with Gasteiger partial charge in [0.15, 0.2) is 0 Å². The van der Waals surface area contributed by atoms with E-state index >= 15 is 0 Å². The Balaban J connectivity index is 1.58. The molecule has 0 saturated carbocycles. The van der Waals surface area contributed by atoms with E-state index in [1.807, 2.05) is 0 Å². The number of nitrogens with zero attached hydrogens (tertiary/aromatic N) is 1. The molecule has 3 heteroatoms. The summed E-state index contributed by atoms with van der Waals surface area (Å²) in [5, 5.41) is 3.37. The predicted molar refractivity (Wildman–Crippen MR) is 77.3 cm³/mol. The number of ether oxygens (including phenoxy) is 1. The first-order valence-corrected chi connectivity index (χ1v) is 7.45. The molecule has 2 heterocycles. The van der Waals surface area contributed by atoms with Gasteiger partial charge in [-0.1, -0.05) is 6.07 Å².